The third-order valence-corrected chi connectivity index (χ3v) is 4.18. The first-order valence-electron chi connectivity index (χ1n) is 5.20. The van der Waals surface area contributed by atoms with Crippen LogP contribution < -0.4 is 5.32 Å². The number of benzene rings is 2. The number of anilines is 1. The highest BCUT2D eigenvalue weighted by atomic mass is 127. The Hall–Kier alpha value is -0.520. The summed E-state index contributed by atoms with van der Waals surface area (Å²) >= 11 is 14.1. The number of rotatable bonds is 3. The summed E-state index contributed by atoms with van der Waals surface area (Å²) < 4.78 is 13.8. The molecule has 0 saturated heterocycles. The molecular formula is C13H9Cl2FIN. The van der Waals surface area contributed by atoms with Gasteiger partial charge in [0.05, 0.1) is 10.0 Å². The number of halogens is 4. The van der Waals surface area contributed by atoms with Crippen LogP contribution in [0.15, 0.2) is 36.4 Å². The van der Waals surface area contributed by atoms with E-state index in [2.05, 4.69) is 27.9 Å². The summed E-state index contributed by atoms with van der Waals surface area (Å²) in [6.45, 7) is 0.543. The normalized spacial score (nSPS) is 10.4. The number of nitrogens with one attached hydrogen (secondary N) is 1. The Morgan fingerprint density at radius 2 is 1.94 bits per heavy atom. The Morgan fingerprint density at radius 1 is 1.17 bits per heavy atom. The Balaban J connectivity index is 2.14. The maximum Gasteiger partial charge on any atom is 0.124 e. The van der Waals surface area contributed by atoms with E-state index in [0.29, 0.717) is 16.6 Å². The molecule has 1 nitrogen and oxygen atoms in total. The van der Waals surface area contributed by atoms with Crippen LogP contribution in [0.4, 0.5) is 10.1 Å². The predicted octanol–water partition coefficient (Wildman–Crippen LogP) is 5.35. The maximum absolute atomic E-state index is 13.0. The molecule has 0 fully saturated rings. The largest absolute Gasteiger partial charge is 0.380 e. The van der Waals surface area contributed by atoms with E-state index < -0.39 is 0 Å². The molecule has 0 bridgehead atoms. The van der Waals surface area contributed by atoms with Crippen LogP contribution >= 0.6 is 45.8 Å². The van der Waals surface area contributed by atoms with E-state index >= 15 is 0 Å². The summed E-state index contributed by atoms with van der Waals surface area (Å²) in [6, 6.07) is 10.1. The van der Waals surface area contributed by atoms with Gasteiger partial charge in [0.2, 0.25) is 0 Å². The molecule has 0 aliphatic heterocycles. The molecule has 0 heterocycles. The number of hydrogen-bond acceptors (Lipinski definition) is 1. The highest BCUT2D eigenvalue weighted by Crippen LogP contribution is 2.27. The van der Waals surface area contributed by atoms with Crippen LogP contribution in [0.3, 0.4) is 0 Å². The minimum absolute atomic E-state index is 0.245. The lowest BCUT2D eigenvalue weighted by atomic mass is 10.2. The Morgan fingerprint density at radius 3 is 2.67 bits per heavy atom. The fourth-order valence-electron chi connectivity index (χ4n) is 1.51. The number of hydrogen-bond donors (Lipinski definition) is 1. The van der Waals surface area contributed by atoms with Crippen LogP contribution in [-0.2, 0) is 6.54 Å². The van der Waals surface area contributed by atoms with Gasteiger partial charge < -0.3 is 5.32 Å². The molecule has 0 atom stereocenters. The van der Waals surface area contributed by atoms with Crippen LogP contribution in [0, 0.1) is 9.39 Å². The van der Waals surface area contributed by atoms with Gasteiger partial charge >= 0.3 is 0 Å². The molecule has 2 rings (SSSR count). The first-order chi connectivity index (χ1) is 8.58. The molecule has 0 saturated carbocycles. The quantitative estimate of drug-likeness (QED) is 0.690. The molecule has 94 valence electrons. The lowest BCUT2D eigenvalue weighted by Crippen LogP contribution is -2.02. The molecule has 0 aromatic heterocycles. The molecule has 0 unspecified atom stereocenters. The predicted molar refractivity (Wildman–Crippen MR) is 82.9 cm³/mol. The molecule has 18 heavy (non-hydrogen) atoms. The van der Waals surface area contributed by atoms with Crippen LogP contribution in [0.2, 0.25) is 10.0 Å². The third-order valence-electron chi connectivity index (χ3n) is 2.43. The zero-order valence-electron chi connectivity index (χ0n) is 9.18. The van der Waals surface area contributed by atoms with Crippen LogP contribution in [0.25, 0.3) is 0 Å². The summed E-state index contributed by atoms with van der Waals surface area (Å²) in [6.07, 6.45) is 0. The lowest BCUT2D eigenvalue weighted by Gasteiger charge is -2.10. The molecule has 2 aromatic carbocycles. The summed E-state index contributed by atoms with van der Waals surface area (Å²) in [5.41, 5.74) is 1.78. The van der Waals surface area contributed by atoms with Crippen molar-refractivity contribution in [2.75, 3.05) is 5.32 Å². The second-order valence-electron chi connectivity index (χ2n) is 3.69. The van der Waals surface area contributed by atoms with Crippen molar-refractivity contribution in [2.45, 2.75) is 6.54 Å². The molecule has 0 spiro atoms. The van der Waals surface area contributed by atoms with Crippen molar-refractivity contribution in [3.63, 3.8) is 0 Å². The fourth-order valence-corrected chi connectivity index (χ4v) is 2.56. The standard InChI is InChI=1S/C13H9Cl2FIN/c14-10-3-1-2-8(13(10)15)7-18-12-5-4-9(16)6-11(12)17/h1-6,18H,7H2. The zero-order chi connectivity index (χ0) is 13.1. The van der Waals surface area contributed by atoms with Crippen LogP contribution in [0.1, 0.15) is 5.56 Å². The van der Waals surface area contributed by atoms with E-state index in [1.165, 1.54) is 12.1 Å². The van der Waals surface area contributed by atoms with E-state index in [-0.39, 0.29) is 5.82 Å². The van der Waals surface area contributed by atoms with Crippen LogP contribution in [0.5, 0.6) is 0 Å². The zero-order valence-corrected chi connectivity index (χ0v) is 12.9. The average molecular weight is 396 g/mol. The molecule has 2 aromatic rings. The second kappa shape index (κ2) is 6.08. The lowest BCUT2D eigenvalue weighted by molar-refractivity contribution is 0.627. The van der Waals surface area contributed by atoms with Gasteiger partial charge in [0.15, 0.2) is 0 Å². The summed E-state index contributed by atoms with van der Waals surface area (Å²) in [7, 11) is 0. The first-order valence-corrected chi connectivity index (χ1v) is 7.03. The van der Waals surface area contributed by atoms with Crippen molar-refractivity contribution in [3.8, 4) is 0 Å². The SMILES string of the molecule is Fc1ccc(NCc2cccc(Cl)c2Cl)c(I)c1. The van der Waals surface area contributed by atoms with Gasteiger partial charge in [-0.1, -0.05) is 35.3 Å². The van der Waals surface area contributed by atoms with Gasteiger partial charge in [-0.3, -0.25) is 0 Å². The van der Waals surface area contributed by atoms with Crippen molar-refractivity contribution >= 4 is 51.5 Å². The summed E-state index contributed by atoms with van der Waals surface area (Å²) in [5, 5.41) is 4.28. The molecule has 0 aliphatic rings. The van der Waals surface area contributed by atoms with Crippen molar-refractivity contribution in [1.29, 1.82) is 0 Å². The smallest absolute Gasteiger partial charge is 0.124 e. The van der Waals surface area contributed by atoms with Gasteiger partial charge in [0.1, 0.15) is 5.82 Å². The van der Waals surface area contributed by atoms with Gasteiger partial charge in [0, 0.05) is 15.8 Å². The van der Waals surface area contributed by atoms with Crippen molar-refractivity contribution < 1.29 is 4.39 Å². The first kappa shape index (κ1) is 13.9. The van der Waals surface area contributed by atoms with Gasteiger partial charge in [0.25, 0.3) is 0 Å². The molecule has 0 radical (unpaired) electrons. The molecule has 1 N–H and O–H groups in total. The topological polar surface area (TPSA) is 12.0 Å². The highest BCUT2D eigenvalue weighted by molar-refractivity contribution is 14.1. The molecular weight excluding hydrogens is 387 g/mol. The summed E-state index contributed by atoms with van der Waals surface area (Å²) in [4.78, 5) is 0. The molecule has 5 heteroatoms. The molecule has 0 aliphatic carbocycles. The van der Waals surface area contributed by atoms with Gasteiger partial charge in [-0.2, -0.15) is 0 Å². The van der Waals surface area contributed by atoms with Crippen molar-refractivity contribution in [1.82, 2.24) is 0 Å². The van der Waals surface area contributed by atoms with Gasteiger partial charge in [-0.05, 0) is 52.4 Å². The maximum atomic E-state index is 13.0. The Bertz CT molecular complexity index is 575. The highest BCUT2D eigenvalue weighted by Gasteiger charge is 2.05. The minimum Gasteiger partial charge on any atom is -0.380 e. The van der Waals surface area contributed by atoms with Gasteiger partial charge in [-0.15, -0.1) is 0 Å². The summed E-state index contributed by atoms with van der Waals surface area (Å²) in [5.74, 6) is -0.245. The minimum atomic E-state index is -0.245. The third kappa shape index (κ3) is 3.28. The van der Waals surface area contributed by atoms with E-state index in [1.807, 2.05) is 12.1 Å². The average Bonchev–Trinajstić information content (AvgIpc) is 2.33. The van der Waals surface area contributed by atoms with Crippen LogP contribution in [-0.4, -0.2) is 0 Å². The Labute approximate surface area is 128 Å². The van der Waals surface area contributed by atoms with E-state index in [9.17, 15) is 4.39 Å². The van der Waals surface area contributed by atoms with E-state index in [4.69, 9.17) is 23.2 Å². The van der Waals surface area contributed by atoms with Gasteiger partial charge in [-0.25, -0.2) is 4.39 Å². The monoisotopic (exact) mass is 395 g/mol. The van der Waals surface area contributed by atoms with E-state index in [0.717, 1.165) is 14.8 Å². The fraction of sp³-hybridized carbons (Fsp3) is 0.0769. The van der Waals surface area contributed by atoms with Crippen molar-refractivity contribution in [3.05, 3.63) is 61.4 Å². The second-order valence-corrected chi connectivity index (χ2v) is 5.64. The molecule has 0 amide bonds. The van der Waals surface area contributed by atoms with E-state index in [1.54, 1.807) is 12.1 Å². The Kier molecular flexibility index (Phi) is 4.70. The van der Waals surface area contributed by atoms with Crippen molar-refractivity contribution in [2.24, 2.45) is 0 Å².